The number of aryl methyl sites for hydroxylation is 3. The molecule has 2 aromatic rings. The Morgan fingerprint density at radius 3 is 2.76 bits per heavy atom. The van der Waals surface area contributed by atoms with E-state index in [4.69, 9.17) is 17.4 Å². The van der Waals surface area contributed by atoms with E-state index < -0.39 is 0 Å². The number of nitrogens with one attached hydrogen (secondary N) is 1. The molecule has 0 fully saturated rings. The van der Waals surface area contributed by atoms with Crippen LogP contribution < -0.4 is 11.3 Å². The van der Waals surface area contributed by atoms with Crippen molar-refractivity contribution >= 4 is 27.5 Å². The van der Waals surface area contributed by atoms with Crippen molar-refractivity contribution in [1.29, 1.82) is 0 Å². The molecule has 0 saturated heterocycles. The van der Waals surface area contributed by atoms with E-state index in [9.17, 15) is 0 Å². The van der Waals surface area contributed by atoms with Crippen molar-refractivity contribution < 1.29 is 0 Å². The normalized spacial score (nSPS) is 12.7. The molecule has 0 aliphatic heterocycles. The molecule has 0 saturated carbocycles. The summed E-state index contributed by atoms with van der Waals surface area (Å²) < 4.78 is 2.97. The summed E-state index contributed by atoms with van der Waals surface area (Å²) in [6, 6.07) is 5.85. The average Bonchev–Trinajstić information content (AvgIpc) is 2.74. The van der Waals surface area contributed by atoms with Gasteiger partial charge in [0.15, 0.2) is 0 Å². The van der Waals surface area contributed by atoms with Crippen molar-refractivity contribution in [2.75, 3.05) is 0 Å². The Hall–Kier alpha value is -0.880. The molecule has 1 aromatic heterocycles. The third-order valence-electron chi connectivity index (χ3n) is 3.72. The first-order chi connectivity index (χ1) is 9.97. The van der Waals surface area contributed by atoms with Crippen molar-refractivity contribution in [3.05, 3.63) is 50.2 Å². The summed E-state index contributed by atoms with van der Waals surface area (Å²) in [5.41, 5.74) is 7.35. The lowest BCUT2D eigenvalue weighted by atomic mass is 9.98. The van der Waals surface area contributed by atoms with E-state index in [1.165, 1.54) is 0 Å². The van der Waals surface area contributed by atoms with Crippen LogP contribution in [0.2, 0.25) is 5.02 Å². The molecule has 1 heterocycles. The summed E-state index contributed by atoms with van der Waals surface area (Å²) >= 11 is 9.76. The molecule has 0 aliphatic carbocycles. The first-order valence-corrected chi connectivity index (χ1v) is 8.07. The molecule has 1 aromatic carbocycles. The predicted molar refractivity (Wildman–Crippen MR) is 90.2 cm³/mol. The van der Waals surface area contributed by atoms with Crippen molar-refractivity contribution in [1.82, 2.24) is 15.2 Å². The first kappa shape index (κ1) is 16.5. The van der Waals surface area contributed by atoms with Crippen LogP contribution in [0, 0.1) is 6.92 Å². The molecule has 0 aliphatic rings. The van der Waals surface area contributed by atoms with E-state index in [1.54, 1.807) is 0 Å². The van der Waals surface area contributed by atoms with Gasteiger partial charge in [-0.25, -0.2) is 0 Å². The monoisotopic (exact) mass is 370 g/mol. The summed E-state index contributed by atoms with van der Waals surface area (Å²) in [7, 11) is 1.96. The third-order valence-corrected chi connectivity index (χ3v) is 4.87. The maximum Gasteiger partial charge on any atom is 0.0766 e. The zero-order chi connectivity index (χ0) is 15.6. The van der Waals surface area contributed by atoms with E-state index in [1.807, 2.05) is 29.9 Å². The topological polar surface area (TPSA) is 55.9 Å². The van der Waals surface area contributed by atoms with E-state index in [-0.39, 0.29) is 6.04 Å². The molecule has 114 valence electrons. The lowest BCUT2D eigenvalue weighted by Crippen LogP contribution is -2.30. The largest absolute Gasteiger partial charge is 0.271 e. The van der Waals surface area contributed by atoms with Crippen LogP contribution in [-0.4, -0.2) is 9.78 Å². The van der Waals surface area contributed by atoms with Gasteiger partial charge in [-0.15, -0.1) is 0 Å². The molecule has 0 spiro atoms. The quantitative estimate of drug-likeness (QED) is 0.625. The Morgan fingerprint density at radius 2 is 2.19 bits per heavy atom. The molecule has 0 radical (unpaired) electrons. The van der Waals surface area contributed by atoms with Crippen LogP contribution in [0.4, 0.5) is 0 Å². The minimum Gasteiger partial charge on any atom is -0.271 e. The van der Waals surface area contributed by atoms with Crippen LogP contribution in [-0.2, 0) is 19.9 Å². The van der Waals surface area contributed by atoms with Gasteiger partial charge in [-0.05, 0) is 52.5 Å². The van der Waals surface area contributed by atoms with Gasteiger partial charge in [0.25, 0.3) is 0 Å². The van der Waals surface area contributed by atoms with Crippen LogP contribution in [0.15, 0.2) is 22.7 Å². The van der Waals surface area contributed by atoms with Gasteiger partial charge in [0.2, 0.25) is 0 Å². The lowest BCUT2D eigenvalue weighted by molar-refractivity contribution is 0.527. The Bertz CT molecular complexity index is 639. The first-order valence-electron chi connectivity index (χ1n) is 6.90. The van der Waals surface area contributed by atoms with Gasteiger partial charge in [-0.3, -0.25) is 16.0 Å². The van der Waals surface area contributed by atoms with Gasteiger partial charge in [0.1, 0.15) is 0 Å². The van der Waals surface area contributed by atoms with Crippen LogP contribution >= 0.6 is 27.5 Å². The van der Waals surface area contributed by atoms with Gasteiger partial charge in [0.05, 0.1) is 21.9 Å². The van der Waals surface area contributed by atoms with E-state index in [0.29, 0.717) is 5.02 Å². The second-order valence-corrected chi connectivity index (χ2v) is 6.34. The summed E-state index contributed by atoms with van der Waals surface area (Å²) in [6.07, 6.45) is 1.63. The van der Waals surface area contributed by atoms with Gasteiger partial charge in [-0.1, -0.05) is 24.6 Å². The van der Waals surface area contributed by atoms with E-state index in [2.05, 4.69) is 40.3 Å². The SMILES string of the molecule is CCc1nn(C)c(CC(NN)c2cc(Cl)ccc2C)c1Br. The van der Waals surface area contributed by atoms with Gasteiger partial charge in [-0.2, -0.15) is 5.10 Å². The van der Waals surface area contributed by atoms with Crippen LogP contribution in [0.3, 0.4) is 0 Å². The summed E-state index contributed by atoms with van der Waals surface area (Å²) in [5, 5.41) is 5.24. The Labute approximate surface area is 138 Å². The molecule has 4 nitrogen and oxygen atoms in total. The zero-order valence-corrected chi connectivity index (χ0v) is 14.8. The molecule has 0 amide bonds. The molecule has 1 atom stereocenters. The number of rotatable bonds is 5. The molecular formula is C15H20BrClN4. The second kappa shape index (κ2) is 6.92. The molecular weight excluding hydrogens is 352 g/mol. The Morgan fingerprint density at radius 1 is 1.48 bits per heavy atom. The molecule has 2 rings (SSSR count). The number of nitrogens with zero attached hydrogens (tertiary/aromatic N) is 2. The highest BCUT2D eigenvalue weighted by Crippen LogP contribution is 2.29. The van der Waals surface area contributed by atoms with Gasteiger partial charge < -0.3 is 0 Å². The van der Waals surface area contributed by atoms with Crippen molar-refractivity contribution in [3.8, 4) is 0 Å². The fraction of sp³-hybridized carbons (Fsp3) is 0.400. The van der Waals surface area contributed by atoms with Crippen molar-refractivity contribution in [3.63, 3.8) is 0 Å². The van der Waals surface area contributed by atoms with Gasteiger partial charge in [0, 0.05) is 18.5 Å². The number of aromatic nitrogens is 2. The van der Waals surface area contributed by atoms with Crippen molar-refractivity contribution in [2.45, 2.75) is 32.7 Å². The number of hydrogen-bond acceptors (Lipinski definition) is 3. The second-order valence-electron chi connectivity index (χ2n) is 5.11. The summed E-state index contributed by atoms with van der Waals surface area (Å²) in [6.45, 7) is 4.16. The molecule has 3 N–H and O–H groups in total. The molecule has 21 heavy (non-hydrogen) atoms. The molecule has 6 heteroatoms. The third kappa shape index (κ3) is 3.48. The highest BCUT2D eigenvalue weighted by atomic mass is 79.9. The highest BCUT2D eigenvalue weighted by Gasteiger charge is 2.19. The number of hydrazine groups is 1. The van der Waals surface area contributed by atoms with Crippen LogP contribution in [0.5, 0.6) is 0 Å². The zero-order valence-electron chi connectivity index (χ0n) is 12.5. The smallest absolute Gasteiger partial charge is 0.0766 e. The van der Waals surface area contributed by atoms with Crippen LogP contribution in [0.25, 0.3) is 0 Å². The number of halogens is 2. The minimum absolute atomic E-state index is 0.0138. The van der Waals surface area contributed by atoms with E-state index >= 15 is 0 Å². The number of nitrogens with two attached hydrogens (primary N) is 1. The van der Waals surface area contributed by atoms with E-state index in [0.717, 1.165) is 39.8 Å². The Balaban J connectivity index is 2.36. The lowest BCUT2D eigenvalue weighted by Gasteiger charge is -2.19. The molecule has 0 bridgehead atoms. The minimum atomic E-state index is -0.0138. The van der Waals surface area contributed by atoms with Crippen molar-refractivity contribution in [2.24, 2.45) is 12.9 Å². The van der Waals surface area contributed by atoms with Gasteiger partial charge >= 0.3 is 0 Å². The maximum atomic E-state index is 6.11. The number of hydrogen-bond donors (Lipinski definition) is 2. The fourth-order valence-corrected chi connectivity index (χ4v) is 3.44. The fourth-order valence-electron chi connectivity index (χ4n) is 2.48. The Kier molecular flexibility index (Phi) is 5.43. The maximum absolute atomic E-state index is 6.11. The average molecular weight is 372 g/mol. The summed E-state index contributed by atoms with van der Waals surface area (Å²) in [4.78, 5) is 0. The summed E-state index contributed by atoms with van der Waals surface area (Å²) in [5.74, 6) is 5.77. The predicted octanol–water partition coefficient (Wildman–Crippen LogP) is 3.45. The molecule has 1 unspecified atom stereocenters. The van der Waals surface area contributed by atoms with Crippen LogP contribution in [0.1, 0.15) is 35.5 Å². The standard InChI is InChI=1S/C15H20BrClN4/c1-4-12-15(16)14(21(3)20-12)8-13(19-18)11-7-10(17)6-5-9(11)2/h5-7,13,19H,4,8,18H2,1-3H3. The number of benzene rings is 1. The highest BCUT2D eigenvalue weighted by molar-refractivity contribution is 9.10.